The number of fused-ring (bicyclic) bond motifs is 1. The molecule has 2 heterocycles. The molecule has 0 bridgehead atoms. The normalized spacial score (nSPS) is 22.3. The van der Waals surface area contributed by atoms with Crippen LogP contribution in [0.4, 0.5) is 10.5 Å². The van der Waals surface area contributed by atoms with Crippen LogP contribution in [0.15, 0.2) is 12.1 Å². The number of hydrogen-bond donors (Lipinski definition) is 2. The molecule has 19 heavy (non-hydrogen) atoms. The van der Waals surface area contributed by atoms with E-state index >= 15 is 0 Å². The van der Waals surface area contributed by atoms with E-state index in [1.54, 1.807) is 0 Å². The second-order valence-electron chi connectivity index (χ2n) is 5.11. The topological polar surface area (TPSA) is 44.4 Å². The number of benzene rings is 1. The number of anilines is 1. The van der Waals surface area contributed by atoms with Crippen LogP contribution in [-0.4, -0.2) is 24.0 Å². The van der Waals surface area contributed by atoms with Gasteiger partial charge in [0.05, 0.1) is 0 Å². The van der Waals surface area contributed by atoms with Crippen molar-refractivity contribution in [1.82, 2.24) is 10.2 Å². The highest BCUT2D eigenvalue weighted by atomic mass is 35.5. The standard InChI is InChI=1S/C14H18ClN3O/c1-2-18-8-11-10(12-4-3-5-16-12)6-9(15)7-13(11)17-14(18)19/h6-7,12,16H,2-5,8H2,1H3,(H,17,19)/t12-/m0/s1. The van der Waals surface area contributed by atoms with Crippen molar-refractivity contribution in [3.05, 3.63) is 28.3 Å². The Balaban J connectivity index is 2.03. The zero-order valence-electron chi connectivity index (χ0n) is 11.0. The van der Waals surface area contributed by atoms with Crippen LogP contribution in [0.25, 0.3) is 0 Å². The van der Waals surface area contributed by atoms with Gasteiger partial charge in [0.15, 0.2) is 0 Å². The molecule has 2 aliphatic heterocycles. The molecule has 2 aliphatic rings. The van der Waals surface area contributed by atoms with Gasteiger partial charge in [0, 0.05) is 35.4 Å². The van der Waals surface area contributed by atoms with Gasteiger partial charge in [0.1, 0.15) is 0 Å². The predicted octanol–water partition coefficient (Wildman–Crippen LogP) is 3.13. The molecule has 0 unspecified atom stereocenters. The molecule has 0 radical (unpaired) electrons. The van der Waals surface area contributed by atoms with E-state index in [-0.39, 0.29) is 6.03 Å². The fraction of sp³-hybridized carbons (Fsp3) is 0.500. The van der Waals surface area contributed by atoms with Gasteiger partial charge in [-0.1, -0.05) is 11.6 Å². The van der Waals surface area contributed by atoms with Crippen molar-refractivity contribution in [3.63, 3.8) is 0 Å². The molecule has 0 aromatic heterocycles. The van der Waals surface area contributed by atoms with Gasteiger partial charge >= 0.3 is 6.03 Å². The Labute approximate surface area is 118 Å². The first-order valence-corrected chi connectivity index (χ1v) is 7.18. The van der Waals surface area contributed by atoms with E-state index < -0.39 is 0 Å². The summed E-state index contributed by atoms with van der Waals surface area (Å²) in [6.07, 6.45) is 2.32. The third kappa shape index (κ3) is 2.30. The molecule has 1 saturated heterocycles. The lowest BCUT2D eigenvalue weighted by molar-refractivity contribution is 0.209. The summed E-state index contributed by atoms with van der Waals surface area (Å²) in [5.74, 6) is 0. The molecule has 3 rings (SSSR count). The Morgan fingerprint density at radius 1 is 1.47 bits per heavy atom. The summed E-state index contributed by atoms with van der Waals surface area (Å²) in [5, 5.41) is 7.13. The molecule has 1 atom stereocenters. The van der Waals surface area contributed by atoms with Crippen LogP contribution in [0.1, 0.15) is 36.9 Å². The molecular formula is C14H18ClN3O. The molecule has 102 valence electrons. The Morgan fingerprint density at radius 2 is 2.32 bits per heavy atom. The summed E-state index contributed by atoms with van der Waals surface area (Å²) in [6, 6.07) is 4.21. The maximum Gasteiger partial charge on any atom is 0.322 e. The number of carbonyl (C=O) groups excluding carboxylic acids is 1. The van der Waals surface area contributed by atoms with Crippen LogP contribution in [0.5, 0.6) is 0 Å². The lowest BCUT2D eigenvalue weighted by Gasteiger charge is -2.31. The van der Waals surface area contributed by atoms with Crippen molar-refractivity contribution < 1.29 is 4.79 Å². The second-order valence-corrected chi connectivity index (χ2v) is 5.55. The SMILES string of the molecule is CCN1Cc2c(cc(Cl)cc2[C@@H]2CCCN2)NC1=O. The van der Waals surface area contributed by atoms with Crippen molar-refractivity contribution in [3.8, 4) is 0 Å². The monoisotopic (exact) mass is 279 g/mol. The van der Waals surface area contributed by atoms with Gasteiger partial charge in [-0.25, -0.2) is 4.79 Å². The number of amides is 2. The highest BCUT2D eigenvalue weighted by Gasteiger charge is 2.27. The Hall–Kier alpha value is -1.26. The number of carbonyl (C=O) groups is 1. The van der Waals surface area contributed by atoms with Gasteiger partial charge in [-0.15, -0.1) is 0 Å². The number of nitrogens with one attached hydrogen (secondary N) is 2. The third-order valence-electron chi connectivity index (χ3n) is 3.94. The molecule has 1 aromatic rings. The predicted molar refractivity (Wildman–Crippen MR) is 76.5 cm³/mol. The van der Waals surface area contributed by atoms with Crippen molar-refractivity contribution in [2.75, 3.05) is 18.4 Å². The molecule has 0 spiro atoms. The Morgan fingerprint density at radius 3 is 3.00 bits per heavy atom. The average molecular weight is 280 g/mol. The number of rotatable bonds is 2. The lowest BCUT2D eigenvalue weighted by atomic mass is 9.96. The zero-order chi connectivity index (χ0) is 13.4. The molecule has 2 amide bonds. The van der Waals surface area contributed by atoms with E-state index in [0.29, 0.717) is 24.2 Å². The van der Waals surface area contributed by atoms with E-state index in [2.05, 4.69) is 10.6 Å². The molecule has 1 fully saturated rings. The van der Waals surface area contributed by atoms with Gasteiger partial charge in [0.2, 0.25) is 0 Å². The average Bonchev–Trinajstić information content (AvgIpc) is 2.90. The lowest BCUT2D eigenvalue weighted by Crippen LogP contribution is -2.39. The van der Waals surface area contributed by atoms with E-state index in [9.17, 15) is 4.79 Å². The van der Waals surface area contributed by atoms with Crippen LogP contribution < -0.4 is 10.6 Å². The third-order valence-corrected chi connectivity index (χ3v) is 4.16. The number of nitrogens with zero attached hydrogens (tertiary/aromatic N) is 1. The van der Waals surface area contributed by atoms with Crippen LogP contribution in [0, 0.1) is 0 Å². The highest BCUT2D eigenvalue weighted by molar-refractivity contribution is 6.31. The summed E-state index contributed by atoms with van der Waals surface area (Å²) in [6.45, 7) is 4.43. The van der Waals surface area contributed by atoms with Gasteiger partial charge in [-0.3, -0.25) is 0 Å². The van der Waals surface area contributed by atoms with Crippen LogP contribution in [-0.2, 0) is 6.54 Å². The first kappa shape index (κ1) is 12.8. The first-order valence-electron chi connectivity index (χ1n) is 6.80. The minimum Gasteiger partial charge on any atom is -0.320 e. The summed E-state index contributed by atoms with van der Waals surface area (Å²) in [5.41, 5.74) is 3.30. The number of halogens is 1. The summed E-state index contributed by atoms with van der Waals surface area (Å²) < 4.78 is 0. The highest BCUT2D eigenvalue weighted by Crippen LogP contribution is 2.36. The Bertz CT molecular complexity index is 512. The smallest absolute Gasteiger partial charge is 0.320 e. The number of hydrogen-bond acceptors (Lipinski definition) is 2. The fourth-order valence-corrected chi connectivity index (χ4v) is 3.15. The minimum absolute atomic E-state index is 0.0393. The van der Waals surface area contributed by atoms with E-state index in [1.165, 1.54) is 17.5 Å². The molecule has 0 saturated carbocycles. The molecule has 0 aliphatic carbocycles. The van der Waals surface area contributed by atoms with Gasteiger partial charge < -0.3 is 15.5 Å². The maximum atomic E-state index is 11.9. The summed E-state index contributed by atoms with van der Waals surface area (Å²) >= 11 is 6.19. The van der Waals surface area contributed by atoms with Crippen LogP contribution in [0.3, 0.4) is 0 Å². The molecule has 5 heteroatoms. The second kappa shape index (κ2) is 5.02. The first-order chi connectivity index (χ1) is 9.19. The fourth-order valence-electron chi connectivity index (χ4n) is 2.92. The van der Waals surface area contributed by atoms with E-state index in [4.69, 9.17) is 11.6 Å². The molecule has 2 N–H and O–H groups in total. The zero-order valence-corrected chi connectivity index (χ0v) is 11.8. The van der Waals surface area contributed by atoms with Gasteiger partial charge in [-0.05, 0) is 44.0 Å². The van der Waals surface area contributed by atoms with Crippen LogP contribution >= 0.6 is 11.6 Å². The molecule has 1 aromatic carbocycles. The van der Waals surface area contributed by atoms with Crippen LogP contribution in [0.2, 0.25) is 5.02 Å². The van der Waals surface area contributed by atoms with Crippen molar-refractivity contribution >= 4 is 23.3 Å². The summed E-state index contributed by atoms with van der Waals surface area (Å²) in [4.78, 5) is 13.7. The van der Waals surface area contributed by atoms with Gasteiger partial charge in [0.25, 0.3) is 0 Å². The summed E-state index contributed by atoms with van der Waals surface area (Å²) in [7, 11) is 0. The molecular weight excluding hydrogens is 262 g/mol. The van der Waals surface area contributed by atoms with Crippen molar-refractivity contribution in [2.45, 2.75) is 32.4 Å². The van der Waals surface area contributed by atoms with E-state index in [0.717, 1.165) is 18.7 Å². The largest absolute Gasteiger partial charge is 0.322 e. The van der Waals surface area contributed by atoms with Gasteiger partial charge in [-0.2, -0.15) is 0 Å². The quantitative estimate of drug-likeness (QED) is 0.874. The Kier molecular flexibility index (Phi) is 3.37. The van der Waals surface area contributed by atoms with Crippen molar-refractivity contribution in [1.29, 1.82) is 0 Å². The van der Waals surface area contributed by atoms with E-state index in [1.807, 2.05) is 24.0 Å². The number of urea groups is 1. The van der Waals surface area contributed by atoms with Crippen molar-refractivity contribution in [2.24, 2.45) is 0 Å². The molecule has 4 nitrogen and oxygen atoms in total. The minimum atomic E-state index is -0.0393. The maximum absolute atomic E-state index is 11.9.